The van der Waals surface area contributed by atoms with Crippen molar-refractivity contribution >= 4 is 34.8 Å². The molecule has 3 rings (SSSR count). The third-order valence-corrected chi connectivity index (χ3v) is 5.72. The van der Waals surface area contributed by atoms with E-state index in [1.807, 2.05) is 43.1 Å². The molecule has 3 aromatic rings. The highest BCUT2D eigenvalue weighted by atomic mass is 35.5. The van der Waals surface area contributed by atoms with Gasteiger partial charge in [0.05, 0.1) is 17.3 Å². The summed E-state index contributed by atoms with van der Waals surface area (Å²) in [5, 5.41) is 2.89. The summed E-state index contributed by atoms with van der Waals surface area (Å²) in [5.41, 5.74) is 3.63. The number of para-hydroxylation sites is 1. The monoisotopic (exact) mass is 457 g/mol. The Morgan fingerprint density at radius 1 is 1.06 bits per heavy atom. The molecule has 0 saturated heterocycles. The summed E-state index contributed by atoms with van der Waals surface area (Å²) in [5.74, 6) is -0.814. The molecular formula is C23H21Cl2N3O3. The molecule has 0 aliphatic heterocycles. The Kier molecular flexibility index (Phi) is 7.25. The summed E-state index contributed by atoms with van der Waals surface area (Å²) in [6.45, 7) is 2.81. The van der Waals surface area contributed by atoms with E-state index < -0.39 is 5.91 Å². The summed E-state index contributed by atoms with van der Waals surface area (Å²) >= 11 is 12.6. The molecule has 0 spiro atoms. The van der Waals surface area contributed by atoms with E-state index in [1.165, 1.54) is 6.07 Å². The summed E-state index contributed by atoms with van der Waals surface area (Å²) in [7, 11) is 1.94. The van der Waals surface area contributed by atoms with Crippen LogP contribution in [0.5, 0.6) is 0 Å². The molecule has 31 heavy (non-hydrogen) atoms. The highest BCUT2D eigenvalue weighted by Gasteiger charge is 2.16. The molecule has 0 unspecified atom stereocenters. The molecule has 160 valence electrons. The summed E-state index contributed by atoms with van der Waals surface area (Å²) in [6.07, 6.45) is 0.515. The SMILES string of the molecule is Cc1ccccc1N(C)Cc1c(Cl)cc(Cl)c(=O)n1CCc1ccc(C(=O)N=O)cc1. The molecule has 0 radical (unpaired) electrons. The Hall–Kier alpha value is -2.96. The predicted octanol–water partition coefficient (Wildman–Crippen LogP) is 5.25. The first-order chi connectivity index (χ1) is 14.8. The van der Waals surface area contributed by atoms with Crippen LogP contribution in [0.2, 0.25) is 10.0 Å². The van der Waals surface area contributed by atoms with Gasteiger partial charge in [-0.25, -0.2) is 0 Å². The Labute approximate surface area is 190 Å². The lowest BCUT2D eigenvalue weighted by Crippen LogP contribution is -2.29. The van der Waals surface area contributed by atoms with Crippen LogP contribution in [0.3, 0.4) is 0 Å². The Morgan fingerprint density at radius 2 is 1.74 bits per heavy atom. The highest BCUT2D eigenvalue weighted by molar-refractivity contribution is 6.34. The quantitative estimate of drug-likeness (QED) is 0.454. The second-order valence-corrected chi connectivity index (χ2v) is 8.04. The maximum absolute atomic E-state index is 12.8. The molecular weight excluding hydrogens is 437 g/mol. The number of benzene rings is 2. The number of aryl methyl sites for hydroxylation is 2. The number of halogens is 2. The van der Waals surface area contributed by atoms with E-state index in [0.29, 0.717) is 30.2 Å². The van der Waals surface area contributed by atoms with Gasteiger partial charge in [-0.1, -0.05) is 53.5 Å². The fraction of sp³-hybridized carbons (Fsp3) is 0.217. The number of rotatable bonds is 7. The number of pyridine rings is 1. The van der Waals surface area contributed by atoms with Crippen molar-refractivity contribution in [3.8, 4) is 0 Å². The average molecular weight is 458 g/mol. The van der Waals surface area contributed by atoms with Gasteiger partial charge in [-0.3, -0.25) is 9.59 Å². The van der Waals surface area contributed by atoms with Crippen LogP contribution in [-0.2, 0) is 19.5 Å². The van der Waals surface area contributed by atoms with Gasteiger partial charge >= 0.3 is 5.91 Å². The number of anilines is 1. The van der Waals surface area contributed by atoms with Crippen molar-refractivity contribution in [3.63, 3.8) is 0 Å². The fourth-order valence-corrected chi connectivity index (χ4v) is 3.98. The number of aromatic nitrogens is 1. The van der Waals surface area contributed by atoms with E-state index in [-0.39, 0.29) is 16.1 Å². The topological polar surface area (TPSA) is 71.7 Å². The fourth-order valence-electron chi connectivity index (χ4n) is 3.44. The molecule has 0 aliphatic carbocycles. The van der Waals surface area contributed by atoms with Crippen molar-refractivity contribution in [1.82, 2.24) is 4.57 Å². The molecule has 6 nitrogen and oxygen atoms in total. The summed E-state index contributed by atoms with van der Waals surface area (Å²) < 4.78 is 1.59. The van der Waals surface area contributed by atoms with E-state index >= 15 is 0 Å². The third-order valence-electron chi connectivity index (χ3n) is 5.13. The van der Waals surface area contributed by atoms with E-state index in [4.69, 9.17) is 23.2 Å². The lowest BCUT2D eigenvalue weighted by Gasteiger charge is -2.24. The van der Waals surface area contributed by atoms with Gasteiger partial charge in [-0.15, -0.1) is 4.91 Å². The lowest BCUT2D eigenvalue weighted by atomic mass is 10.1. The van der Waals surface area contributed by atoms with Gasteiger partial charge in [0.1, 0.15) is 5.02 Å². The molecule has 1 amide bonds. The second kappa shape index (κ2) is 9.90. The molecule has 8 heteroatoms. The summed E-state index contributed by atoms with van der Waals surface area (Å²) in [6, 6.07) is 16.0. The Bertz CT molecular complexity index is 1170. The number of hydrogen-bond acceptors (Lipinski definition) is 4. The largest absolute Gasteiger partial charge is 0.368 e. The molecule has 0 aliphatic rings. The van der Waals surface area contributed by atoms with Crippen LogP contribution in [0.1, 0.15) is 27.2 Å². The first kappa shape index (κ1) is 22.7. The minimum Gasteiger partial charge on any atom is -0.368 e. The smallest absolute Gasteiger partial charge is 0.316 e. The first-order valence-corrected chi connectivity index (χ1v) is 10.4. The van der Waals surface area contributed by atoms with Crippen molar-refractivity contribution in [2.45, 2.75) is 26.4 Å². The van der Waals surface area contributed by atoms with Gasteiger partial charge in [0.2, 0.25) is 0 Å². The minimum atomic E-state index is -0.814. The molecule has 0 fully saturated rings. The third kappa shape index (κ3) is 5.21. The first-order valence-electron chi connectivity index (χ1n) is 9.63. The van der Waals surface area contributed by atoms with E-state index in [1.54, 1.807) is 28.8 Å². The molecule has 0 saturated carbocycles. The zero-order valence-corrected chi connectivity index (χ0v) is 18.7. The maximum atomic E-state index is 12.8. The standard InChI is InChI=1S/C23H21Cl2N3O3/c1-15-5-3-4-6-20(15)27(2)14-21-18(24)13-19(25)23(30)28(21)12-11-16-7-9-17(10-8-16)22(29)26-31/h3-10,13H,11-12,14H2,1-2H3. The van der Waals surface area contributed by atoms with Gasteiger partial charge in [0, 0.05) is 30.0 Å². The maximum Gasteiger partial charge on any atom is 0.316 e. The highest BCUT2D eigenvalue weighted by Crippen LogP contribution is 2.24. The van der Waals surface area contributed by atoms with Crippen molar-refractivity contribution in [2.75, 3.05) is 11.9 Å². The zero-order chi connectivity index (χ0) is 22.5. The lowest BCUT2D eigenvalue weighted by molar-refractivity contribution is 0.100. The average Bonchev–Trinajstić information content (AvgIpc) is 2.77. The van der Waals surface area contributed by atoms with Crippen molar-refractivity contribution in [1.29, 1.82) is 0 Å². The Morgan fingerprint density at radius 3 is 2.39 bits per heavy atom. The van der Waals surface area contributed by atoms with Gasteiger partial charge in [0.15, 0.2) is 0 Å². The minimum absolute atomic E-state index is 0.0605. The van der Waals surface area contributed by atoms with Crippen LogP contribution < -0.4 is 10.5 Å². The Balaban J connectivity index is 1.87. The van der Waals surface area contributed by atoms with Gasteiger partial charge in [-0.05, 0) is 48.7 Å². The van der Waals surface area contributed by atoms with E-state index in [9.17, 15) is 14.5 Å². The van der Waals surface area contributed by atoms with Crippen LogP contribution in [-0.4, -0.2) is 17.5 Å². The van der Waals surface area contributed by atoms with Crippen LogP contribution >= 0.6 is 23.2 Å². The molecule has 1 aromatic heterocycles. The normalized spacial score (nSPS) is 10.7. The number of carbonyl (C=O) groups excluding carboxylic acids is 1. The number of nitrogens with zero attached hydrogens (tertiary/aromatic N) is 3. The number of nitroso groups, excluding NO2 is 1. The van der Waals surface area contributed by atoms with Crippen LogP contribution in [0.4, 0.5) is 5.69 Å². The van der Waals surface area contributed by atoms with Crippen LogP contribution in [0.15, 0.2) is 64.6 Å². The van der Waals surface area contributed by atoms with Crippen LogP contribution in [0, 0.1) is 11.8 Å². The van der Waals surface area contributed by atoms with Crippen molar-refractivity contribution < 1.29 is 4.79 Å². The zero-order valence-electron chi connectivity index (χ0n) is 17.1. The second-order valence-electron chi connectivity index (χ2n) is 7.23. The number of hydrogen-bond donors (Lipinski definition) is 0. The summed E-state index contributed by atoms with van der Waals surface area (Å²) in [4.78, 5) is 36.6. The predicted molar refractivity (Wildman–Crippen MR) is 124 cm³/mol. The van der Waals surface area contributed by atoms with E-state index in [2.05, 4.69) is 5.18 Å². The van der Waals surface area contributed by atoms with Crippen molar-refractivity contribution in [2.24, 2.45) is 5.18 Å². The molecule has 1 heterocycles. The van der Waals surface area contributed by atoms with Crippen LogP contribution in [0.25, 0.3) is 0 Å². The number of carbonyl (C=O) groups is 1. The van der Waals surface area contributed by atoms with Crippen molar-refractivity contribution in [3.05, 3.63) is 102 Å². The van der Waals surface area contributed by atoms with Gasteiger partial charge in [0.25, 0.3) is 5.56 Å². The molecule has 0 bridgehead atoms. The number of amides is 1. The molecule has 0 N–H and O–H groups in total. The molecule has 0 atom stereocenters. The van der Waals surface area contributed by atoms with E-state index in [0.717, 1.165) is 16.8 Å². The molecule has 2 aromatic carbocycles. The van der Waals surface area contributed by atoms with Gasteiger partial charge in [-0.2, -0.15) is 0 Å². The van der Waals surface area contributed by atoms with Gasteiger partial charge < -0.3 is 9.47 Å².